The van der Waals surface area contributed by atoms with E-state index in [9.17, 15) is 14.0 Å². The highest BCUT2D eigenvalue weighted by molar-refractivity contribution is 14.1. The van der Waals surface area contributed by atoms with Gasteiger partial charge in [-0.2, -0.15) is 0 Å². The van der Waals surface area contributed by atoms with Gasteiger partial charge in [-0.15, -0.1) is 0 Å². The lowest BCUT2D eigenvalue weighted by atomic mass is 9.86. The third-order valence-electron chi connectivity index (χ3n) is 5.58. The van der Waals surface area contributed by atoms with Crippen LogP contribution in [0.3, 0.4) is 0 Å². The number of nitrogens with zero attached hydrogens (tertiary/aromatic N) is 1. The molecule has 1 aliphatic heterocycles. The Morgan fingerprint density at radius 2 is 1.94 bits per heavy atom. The number of rotatable bonds is 5. The summed E-state index contributed by atoms with van der Waals surface area (Å²) in [6, 6.07) is 12.2. The summed E-state index contributed by atoms with van der Waals surface area (Å²) in [5, 5.41) is 2.77. The maximum Gasteiger partial charge on any atom is 0.251 e. The Kier molecular flexibility index (Phi) is 5.83. The largest absolute Gasteiger partial charge is 0.465 e. The Morgan fingerprint density at radius 1 is 1.22 bits per heavy atom. The van der Waals surface area contributed by atoms with Gasteiger partial charge in [0.05, 0.1) is 17.6 Å². The Labute approximate surface area is 197 Å². The number of aryl methyl sites for hydroxylation is 1. The number of amides is 2. The van der Waals surface area contributed by atoms with Crippen molar-refractivity contribution >= 4 is 40.1 Å². The van der Waals surface area contributed by atoms with Gasteiger partial charge in [0.2, 0.25) is 12.2 Å². The van der Waals surface area contributed by atoms with Crippen LogP contribution in [0.2, 0.25) is 0 Å². The summed E-state index contributed by atoms with van der Waals surface area (Å²) in [7, 11) is 0. The van der Waals surface area contributed by atoms with E-state index in [1.54, 1.807) is 32.0 Å². The Bertz CT molecular complexity index is 1220. The van der Waals surface area contributed by atoms with E-state index in [1.807, 2.05) is 29.5 Å². The number of furan rings is 1. The van der Waals surface area contributed by atoms with Crippen LogP contribution in [0.1, 0.15) is 53.1 Å². The summed E-state index contributed by atoms with van der Waals surface area (Å²) in [6.45, 7) is 5.40. The third-order valence-corrected chi connectivity index (χ3v) is 6.43. The lowest BCUT2D eigenvalue weighted by Gasteiger charge is -2.24. The number of hydrogen-bond acceptors (Lipinski definition) is 3. The molecule has 0 fully saturated rings. The van der Waals surface area contributed by atoms with Gasteiger partial charge in [0, 0.05) is 20.3 Å². The number of nitrogens with one attached hydrogen (secondary N) is 1. The lowest BCUT2D eigenvalue weighted by molar-refractivity contribution is -0.123. The molecule has 1 N–H and O–H groups in total. The molecule has 0 saturated heterocycles. The van der Waals surface area contributed by atoms with Gasteiger partial charge in [0.25, 0.3) is 5.91 Å². The average molecular weight is 550 g/mol. The molecule has 0 bridgehead atoms. The van der Waals surface area contributed by atoms with Crippen LogP contribution in [0.4, 0.5) is 14.5 Å². The molecular formula is C24H21F2IN2O3. The van der Waals surface area contributed by atoms with E-state index in [4.69, 9.17) is 4.42 Å². The quantitative estimate of drug-likeness (QED) is 0.335. The van der Waals surface area contributed by atoms with Crippen LogP contribution in [0.5, 0.6) is 0 Å². The first-order valence-electron chi connectivity index (χ1n) is 10.0. The van der Waals surface area contributed by atoms with Gasteiger partial charge >= 0.3 is 0 Å². The van der Waals surface area contributed by atoms with Gasteiger partial charge in [-0.3, -0.25) is 14.5 Å². The van der Waals surface area contributed by atoms with Crippen LogP contribution in [0.15, 0.2) is 52.9 Å². The summed E-state index contributed by atoms with van der Waals surface area (Å²) in [5.41, 5.74) is -0.112. The topological polar surface area (TPSA) is 62.6 Å². The maximum absolute atomic E-state index is 15.6. The molecule has 4 rings (SSSR count). The van der Waals surface area contributed by atoms with Crippen molar-refractivity contribution in [1.29, 1.82) is 0 Å². The molecule has 0 aliphatic carbocycles. The second-order valence-corrected chi connectivity index (χ2v) is 9.37. The number of halogens is 3. The Hall–Kier alpha value is -2.75. The maximum atomic E-state index is 15.6. The van der Waals surface area contributed by atoms with Gasteiger partial charge < -0.3 is 9.73 Å². The SMILES string of the molecule is Cc1ccc(CNC(=O)c2cc(I)c3c(c2)N(C(F)c2ccccc2F)C(=O)C3(C)C)o1. The van der Waals surface area contributed by atoms with Crippen molar-refractivity contribution in [2.24, 2.45) is 0 Å². The van der Waals surface area contributed by atoms with Crippen molar-refractivity contribution in [1.82, 2.24) is 5.32 Å². The first-order chi connectivity index (χ1) is 15.1. The molecule has 0 spiro atoms. The number of anilines is 1. The second kappa shape index (κ2) is 8.31. The fourth-order valence-electron chi connectivity index (χ4n) is 3.93. The lowest BCUT2D eigenvalue weighted by Crippen LogP contribution is -2.37. The van der Waals surface area contributed by atoms with Crippen molar-refractivity contribution in [2.45, 2.75) is 39.0 Å². The zero-order valence-electron chi connectivity index (χ0n) is 17.7. The molecule has 8 heteroatoms. The van der Waals surface area contributed by atoms with Crippen molar-refractivity contribution < 1.29 is 22.8 Å². The van der Waals surface area contributed by atoms with Crippen molar-refractivity contribution in [3.63, 3.8) is 0 Å². The van der Waals surface area contributed by atoms with Crippen LogP contribution in [-0.2, 0) is 16.8 Å². The van der Waals surface area contributed by atoms with Crippen molar-refractivity contribution in [2.75, 3.05) is 4.90 Å². The highest BCUT2D eigenvalue weighted by atomic mass is 127. The predicted octanol–water partition coefficient (Wildman–Crippen LogP) is 5.55. The summed E-state index contributed by atoms with van der Waals surface area (Å²) in [6.07, 6.45) is -2.02. The van der Waals surface area contributed by atoms with Gasteiger partial charge in [-0.1, -0.05) is 18.2 Å². The normalized spacial score (nSPS) is 15.6. The summed E-state index contributed by atoms with van der Waals surface area (Å²) < 4.78 is 36.0. The van der Waals surface area contributed by atoms with Crippen molar-refractivity contribution in [3.8, 4) is 0 Å². The molecule has 1 aromatic heterocycles. The minimum absolute atomic E-state index is 0.190. The van der Waals surface area contributed by atoms with Gasteiger partial charge in [-0.05, 0) is 73.7 Å². The molecule has 2 amide bonds. The number of hydrogen-bond donors (Lipinski definition) is 1. The molecule has 0 saturated carbocycles. The number of carbonyl (C=O) groups excluding carboxylic acids is 2. The summed E-state index contributed by atoms with van der Waals surface area (Å²) in [4.78, 5) is 27.0. The van der Waals surface area contributed by atoms with Crippen LogP contribution in [-0.4, -0.2) is 11.8 Å². The van der Waals surface area contributed by atoms with E-state index in [0.29, 0.717) is 14.9 Å². The fraction of sp³-hybridized carbons (Fsp3) is 0.250. The highest BCUT2D eigenvalue weighted by Gasteiger charge is 2.49. The predicted molar refractivity (Wildman–Crippen MR) is 125 cm³/mol. The smallest absolute Gasteiger partial charge is 0.251 e. The van der Waals surface area contributed by atoms with Gasteiger partial charge in [0.15, 0.2) is 0 Å². The van der Waals surface area contributed by atoms with Gasteiger partial charge in [0.1, 0.15) is 17.3 Å². The van der Waals surface area contributed by atoms with E-state index in [0.717, 1.165) is 16.7 Å². The third kappa shape index (κ3) is 3.80. The van der Waals surface area contributed by atoms with E-state index in [1.165, 1.54) is 24.3 Å². The summed E-state index contributed by atoms with van der Waals surface area (Å²) >= 11 is 2.04. The Balaban J connectivity index is 1.71. The molecule has 2 heterocycles. The fourth-order valence-corrected chi connectivity index (χ4v) is 5.22. The molecule has 32 heavy (non-hydrogen) atoms. The first-order valence-corrected chi connectivity index (χ1v) is 11.1. The standard InChI is InChI=1S/C24H21F2IN2O3/c1-13-8-9-15(32-13)12-28-22(30)14-10-18(27)20-19(11-14)29(23(31)24(20,2)3)21(26)16-6-4-5-7-17(16)25/h4-11,21H,12H2,1-3H3,(H,28,30). The number of carbonyl (C=O) groups is 2. The van der Waals surface area contributed by atoms with Crippen LogP contribution in [0, 0.1) is 16.3 Å². The molecule has 1 atom stereocenters. The van der Waals surface area contributed by atoms with E-state index in [2.05, 4.69) is 5.32 Å². The van der Waals surface area contributed by atoms with Crippen molar-refractivity contribution in [3.05, 3.63) is 86.1 Å². The molecule has 3 aromatic rings. The van der Waals surface area contributed by atoms with Crippen LogP contribution >= 0.6 is 22.6 Å². The average Bonchev–Trinajstić information content (AvgIpc) is 3.24. The van der Waals surface area contributed by atoms with E-state index < -0.39 is 29.3 Å². The number of alkyl halides is 1. The second-order valence-electron chi connectivity index (χ2n) is 8.20. The van der Waals surface area contributed by atoms with E-state index >= 15 is 4.39 Å². The van der Waals surface area contributed by atoms with E-state index in [-0.39, 0.29) is 23.4 Å². The molecular weight excluding hydrogens is 529 g/mol. The number of benzene rings is 2. The molecule has 166 valence electrons. The minimum Gasteiger partial charge on any atom is -0.465 e. The molecule has 0 radical (unpaired) electrons. The molecule has 5 nitrogen and oxygen atoms in total. The zero-order chi connectivity index (χ0) is 23.2. The monoisotopic (exact) mass is 550 g/mol. The van der Waals surface area contributed by atoms with Gasteiger partial charge in [-0.25, -0.2) is 8.78 Å². The highest BCUT2D eigenvalue weighted by Crippen LogP contribution is 2.48. The molecule has 2 aromatic carbocycles. The zero-order valence-corrected chi connectivity index (χ0v) is 19.9. The molecule has 1 unspecified atom stereocenters. The number of fused-ring (bicyclic) bond motifs is 1. The minimum atomic E-state index is -2.02. The van der Waals surface area contributed by atoms with Crippen LogP contribution < -0.4 is 10.2 Å². The summed E-state index contributed by atoms with van der Waals surface area (Å²) in [5.74, 6) is -0.285. The Morgan fingerprint density at radius 3 is 2.59 bits per heavy atom. The van der Waals surface area contributed by atoms with Crippen LogP contribution in [0.25, 0.3) is 0 Å². The molecule has 1 aliphatic rings. The first kappa shape index (κ1) is 22.4.